The van der Waals surface area contributed by atoms with Gasteiger partial charge in [-0.05, 0) is 40.0 Å². The zero-order valence-electron chi connectivity index (χ0n) is 15.1. The Bertz CT molecular complexity index is 1050. The molecular formula is C23H19N3O2. The number of para-hydroxylation sites is 2. The zero-order valence-corrected chi connectivity index (χ0v) is 15.1. The van der Waals surface area contributed by atoms with E-state index >= 15 is 0 Å². The number of rotatable bonds is 4. The van der Waals surface area contributed by atoms with Gasteiger partial charge >= 0.3 is 0 Å². The van der Waals surface area contributed by atoms with Crippen LogP contribution >= 0.6 is 0 Å². The van der Waals surface area contributed by atoms with Crippen molar-refractivity contribution in [3.05, 3.63) is 90.0 Å². The zero-order chi connectivity index (χ0) is 19.5. The highest BCUT2D eigenvalue weighted by Crippen LogP contribution is 2.43. The van der Waals surface area contributed by atoms with Gasteiger partial charge in [-0.3, -0.25) is 9.59 Å². The van der Waals surface area contributed by atoms with Gasteiger partial charge in [0.25, 0.3) is 0 Å². The minimum Gasteiger partial charge on any atom is -0.397 e. The van der Waals surface area contributed by atoms with Crippen molar-refractivity contribution in [2.75, 3.05) is 17.6 Å². The average molecular weight is 369 g/mol. The number of nitrogens with one attached hydrogen (secondary N) is 2. The Morgan fingerprint density at radius 3 is 1.93 bits per heavy atom. The monoisotopic (exact) mass is 369 g/mol. The first-order valence-electron chi connectivity index (χ1n) is 8.96. The van der Waals surface area contributed by atoms with Gasteiger partial charge in [0.05, 0.1) is 17.9 Å². The Kier molecular flexibility index (Phi) is 4.64. The summed E-state index contributed by atoms with van der Waals surface area (Å²) in [6.07, 6.45) is 1.55. The summed E-state index contributed by atoms with van der Waals surface area (Å²) >= 11 is 0. The lowest BCUT2D eigenvalue weighted by Crippen LogP contribution is -2.32. The molecule has 5 heteroatoms. The molecule has 0 bridgehead atoms. The van der Waals surface area contributed by atoms with Gasteiger partial charge in [0.1, 0.15) is 0 Å². The van der Waals surface area contributed by atoms with Gasteiger partial charge in [-0.15, -0.1) is 0 Å². The average Bonchev–Trinajstić information content (AvgIpc) is 3.02. The van der Waals surface area contributed by atoms with E-state index in [0.29, 0.717) is 11.4 Å². The summed E-state index contributed by atoms with van der Waals surface area (Å²) in [6, 6.07) is 22.9. The molecule has 0 spiro atoms. The van der Waals surface area contributed by atoms with Crippen molar-refractivity contribution in [2.24, 2.45) is 0 Å². The lowest BCUT2D eigenvalue weighted by Gasteiger charge is -2.08. The molecule has 4 N–H and O–H groups in total. The Balaban J connectivity index is 1.48. The third-order valence-corrected chi connectivity index (χ3v) is 4.66. The van der Waals surface area contributed by atoms with E-state index in [-0.39, 0.29) is 18.4 Å². The van der Waals surface area contributed by atoms with Gasteiger partial charge in [0.15, 0.2) is 0 Å². The second-order valence-electron chi connectivity index (χ2n) is 6.50. The molecule has 5 nitrogen and oxygen atoms in total. The fourth-order valence-electron chi connectivity index (χ4n) is 3.36. The summed E-state index contributed by atoms with van der Waals surface area (Å²) in [6.45, 7) is -0.139. The maximum Gasteiger partial charge on any atom is 0.245 e. The van der Waals surface area contributed by atoms with Crippen molar-refractivity contribution in [2.45, 2.75) is 0 Å². The molecule has 28 heavy (non-hydrogen) atoms. The van der Waals surface area contributed by atoms with E-state index in [9.17, 15) is 9.59 Å². The van der Waals surface area contributed by atoms with Gasteiger partial charge in [0.2, 0.25) is 11.8 Å². The molecule has 0 atom stereocenters. The van der Waals surface area contributed by atoms with Crippen LogP contribution < -0.4 is 16.4 Å². The largest absolute Gasteiger partial charge is 0.397 e. The molecule has 1 aliphatic rings. The highest BCUT2D eigenvalue weighted by Gasteiger charge is 2.23. The first kappa shape index (κ1) is 17.5. The van der Waals surface area contributed by atoms with Crippen molar-refractivity contribution < 1.29 is 9.59 Å². The molecule has 138 valence electrons. The summed E-state index contributed by atoms with van der Waals surface area (Å²) in [4.78, 5) is 24.6. The van der Waals surface area contributed by atoms with Crippen molar-refractivity contribution in [1.29, 1.82) is 0 Å². The summed E-state index contributed by atoms with van der Waals surface area (Å²) in [5.74, 6) is -0.658. The predicted molar refractivity (Wildman–Crippen MR) is 111 cm³/mol. The molecule has 4 rings (SSSR count). The molecule has 0 heterocycles. The van der Waals surface area contributed by atoms with E-state index in [1.165, 1.54) is 0 Å². The third kappa shape index (κ3) is 3.38. The molecule has 0 radical (unpaired) electrons. The van der Waals surface area contributed by atoms with Crippen molar-refractivity contribution in [1.82, 2.24) is 5.32 Å². The number of amides is 2. The normalized spacial score (nSPS) is 11.4. The van der Waals surface area contributed by atoms with E-state index in [1.54, 1.807) is 30.3 Å². The second kappa shape index (κ2) is 7.40. The fraction of sp³-hybridized carbons (Fsp3) is 0.0435. The standard InChI is InChI=1S/C23H19N3O2/c24-20-11-5-6-12-21(20)26-23(28)14-25-22(27)13-19-17-9-3-1-7-15(17)16-8-2-4-10-18(16)19/h1-13H,14,24H2,(H,25,27)(H,26,28). The number of carbonyl (C=O) groups excluding carboxylic acids is 2. The van der Waals surface area contributed by atoms with Crippen LogP contribution in [0.5, 0.6) is 0 Å². The first-order chi connectivity index (χ1) is 13.6. The van der Waals surface area contributed by atoms with Crippen LogP contribution in [0.2, 0.25) is 0 Å². The van der Waals surface area contributed by atoms with Gasteiger partial charge < -0.3 is 16.4 Å². The predicted octanol–water partition coefficient (Wildman–Crippen LogP) is 3.44. The summed E-state index contributed by atoms with van der Waals surface area (Å²) in [7, 11) is 0. The Morgan fingerprint density at radius 1 is 0.786 bits per heavy atom. The number of anilines is 2. The van der Waals surface area contributed by atoms with Gasteiger partial charge in [0, 0.05) is 6.08 Å². The first-order valence-corrected chi connectivity index (χ1v) is 8.96. The maximum absolute atomic E-state index is 12.5. The Hall–Kier alpha value is -3.86. The molecule has 2 amide bonds. The fourth-order valence-corrected chi connectivity index (χ4v) is 3.36. The van der Waals surface area contributed by atoms with Gasteiger partial charge in [-0.2, -0.15) is 0 Å². The molecule has 0 saturated heterocycles. The van der Waals surface area contributed by atoms with Crippen LogP contribution in [0.15, 0.2) is 78.9 Å². The van der Waals surface area contributed by atoms with Crippen LogP contribution in [0.3, 0.4) is 0 Å². The van der Waals surface area contributed by atoms with Crippen LogP contribution in [0.1, 0.15) is 11.1 Å². The van der Waals surface area contributed by atoms with Gasteiger partial charge in [-0.1, -0.05) is 60.7 Å². The summed E-state index contributed by atoms with van der Waals surface area (Å²) in [5, 5.41) is 5.33. The van der Waals surface area contributed by atoms with Crippen LogP contribution in [0.4, 0.5) is 11.4 Å². The summed E-state index contributed by atoms with van der Waals surface area (Å²) < 4.78 is 0. The molecule has 0 saturated carbocycles. The highest BCUT2D eigenvalue weighted by atomic mass is 16.2. The minimum atomic E-state index is -0.336. The quantitative estimate of drug-likeness (QED) is 0.381. The molecule has 0 aliphatic heterocycles. The number of nitrogens with two attached hydrogens (primary N) is 1. The Labute approximate surface area is 162 Å². The molecule has 0 aromatic heterocycles. The molecule has 3 aromatic carbocycles. The number of benzene rings is 3. The highest BCUT2D eigenvalue weighted by molar-refractivity contribution is 6.08. The Morgan fingerprint density at radius 2 is 1.32 bits per heavy atom. The SMILES string of the molecule is Nc1ccccc1NC(=O)CNC(=O)C=C1c2ccccc2-c2ccccc21. The maximum atomic E-state index is 12.5. The molecule has 0 fully saturated rings. The minimum absolute atomic E-state index is 0.139. The molecule has 0 unspecified atom stereocenters. The topological polar surface area (TPSA) is 84.2 Å². The number of nitrogen functional groups attached to an aromatic ring is 1. The smallest absolute Gasteiger partial charge is 0.245 e. The van der Waals surface area contributed by atoms with Crippen LogP contribution in [-0.2, 0) is 9.59 Å². The van der Waals surface area contributed by atoms with Crippen molar-refractivity contribution >= 4 is 28.8 Å². The number of hydrogen-bond acceptors (Lipinski definition) is 3. The van der Waals surface area contributed by atoms with E-state index in [1.807, 2.05) is 48.5 Å². The van der Waals surface area contributed by atoms with E-state index in [2.05, 4.69) is 10.6 Å². The molecule has 1 aliphatic carbocycles. The van der Waals surface area contributed by atoms with Gasteiger partial charge in [-0.25, -0.2) is 0 Å². The lowest BCUT2D eigenvalue weighted by atomic mass is 10.0. The summed E-state index contributed by atoms with van der Waals surface area (Å²) in [5.41, 5.74) is 11.9. The number of hydrogen-bond donors (Lipinski definition) is 3. The molecular weight excluding hydrogens is 350 g/mol. The number of fused-ring (bicyclic) bond motifs is 3. The number of carbonyl (C=O) groups is 2. The van der Waals surface area contributed by atoms with Crippen LogP contribution in [0, 0.1) is 0 Å². The van der Waals surface area contributed by atoms with Crippen molar-refractivity contribution in [3.8, 4) is 11.1 Å². The lowest BCUT2D eigenvalue weighted by molar-refractivity contribution is -0.121. The molecule has 3 aromatic rings. The second-order valence-corrected chi connectivity index (χ2v) is 6.50. The van der Waals surface area contributed by atoms with Crippen LogP contribution in [0.25, 0.3) is 16.7 Å². The van der Waals surface area contributed by atoms with Crippen molar-refractivity contribution in [3.63, 3.8) is 0 Å². The van der Waals surface area contributed by atoms with Crippen LogP contribution in [-0.4, -0.2) is 18.4 Å². The van der Waals surface area contributed by atoms with E-state index in [0.717, 1.165) is 27.8 Å². The van der Waals surface area contributed by atoms with E-state index in [4.69, 9.17) is 5.73 Å². The third-order valence-electron chi connectivity index (χ3n) is 4.66. The van der Waals surface area contributed by atoms with E-state index < -0.39 is 0 Å².